The van der Waals surface area contributed by atoms with Crippen LogP contribution in [0.25, 0.3) is 10.9 Å². The van der Waals surface area contributed by atoms with Crippen molar-refractivity contribution < 1.29 is 4.79 Å². The molecule has 1 N–H and O–H groups in total. The van der Waals surface area contributed by atoms with Crippen molar-refractivity contribution in [1.29, 1.82) is 0 Å². The van der Waals surface area contributed by atoms with Crippen molar-refractivity contribution in [3.05, 3.63) is 65.0 Å². The molecule has 0 unspecified atom stereocenters. The molecule has 2 aromatic carbocycles. The molecule has 1 aromatic heterocycles. The summed E-state index contributed by atoms with van der Waals surface area (Å²) in [6.07, 6.45) is 0. The average Bonchev–Trinajstić information content (AvgIpc) is 2.54. The van der Waals surface area contributed by atoms with Crippen LogP contribution in [-0.2, 0) is 11.8 Å². The topological polar surface area (TPSA) is 51.1 Å². The smallest absolute Gasteiger partial charge is 0.251 e. The normalized spacial score (nSPS) is 10.7. The van der Waals surface area contributed by atoms with Crippen LogP contribution in [0.15, 0.2) is 69.2 Å². The van der Waals surface area contributed by atoms with Gasteiger partial charge in [-0.3, -0.25) is 9.59 Å². The predicted molar refractivity (Wildman–Crippen MR) is 94.1 cm³/mol. The number of rotatable bonds is 3. The van der Waals surface area contributed by atoms with E-state index in [2.05, 4.69) is 5.32 Å². The van der Waals surface area contributed by atoms with Gasteiger partial charge in [0.25, 0.3) is 5.56 Å². The van der Waals surface area contributed by atoms with E-state index in [1.54, 1.807) is 29.4 Å². The Balaban J connectivity index is 1.97. The van der Waals surface area contributed by atoms with E-state index in [0.29, 0.717) is 0 Å². The van der Waals surface area contributed by atoms with Crippen molar-refractivity contribution in [2.75, 3.05) is 5.32 Å². The molecule has 116 valence electrons. The van der Waals surface area contributed by atoms with E-state index in [9.17, 15) is 9.59 Å². The molecule has 1 heterocycles. The molecule has 0 aliphatic rings. The first kappa shape index (κ1) is 15.4. The molecule has 0 atom stereocenters. The summed E-state index contributed by atoms with van der Waals surface area (Å²) in [5.74, 6) is -0.0945. The van der Waals surface area contributed by atoms with Crippen molar-refractivity contribution in [3.63, 3.8) is 0 Å². The second-order valence-corrected chi connectivity index (χ2v) is 6.35. The zero-order chi connectivity index (χ0) is 16.4. The maximum atomic E-state index is 12.1. The molecule has 0 saturated carbocycles. The number of nitrogens with one attached hydrogen (secondary N) is 1. The van der Waals surface area contributed by atoms with Gasteiger partial charge >= 0.3 is 0 Å². The molecule has 0 saturated heterocycles. The zero-order valence-electron chi connectivity index (χ0n) is 12.9. The molecule has 0 spiro atoms. The molecule has 4 nitrogen and oxygen atoms in total. The first-order valence-corrected chi connectivity index (χ1v) is 8.00. The Morgan fingerprint density at radius 3 is 2.48 bits per heavy atom. The Kier molecular flexibility index (Phi) is 4.21. The van der Waals surface area contributed by atoms with Gasteiger partial charge in [0, 0.05) is 40.9 Å². The highest BCUT2D eigenvalue weighted by molar-refractivity contribution is 7.99. The molecule has 0 bridgehead atoms. The summed E-state index contributed by atoms with van der Waals surface area (Å²) in [6.45, 7) is 1.48. The molecule has 3 rings (SSSR count). The molecule has 5 heteroatoms. The van der Waals surface area contributed by atoms with Crippen LogP contribution < -0.4 is 10.9 Å². The minimum Gasteiger partial charge on any atom is -0.326 e. The fourth-order valence-corrected chi connectivity index (χ4v) is 3.37. The molecule has 0 radical (unpaired) electrons. The second-order valence-electron chi connectivity index (χ2n) is 5.23. The lowest BCUT2D eigenvalue weighted by Crippen LogP contribution is -2.15. The number of para-hydroxylation sites is 1. The number of aromatic nitrogens is 1. The van der Waals surface area contributed by atoms with Gasteiger partial charge in [-0.25, -0.2) is 0 Å². The highest BCUT2D eigenvalue weighted by atomic mass is 32.2. The van der Waals surface area contributed by atoms with Crippen molar-refractivity contribution in [2.24, 2.45) is 7.05 Å². The SMILES string of the molecule is CC(=O)Nc1ccc(Sc2cc(=O)n(C)c3ccccc23)cc1. The van der Waals surface area contributed by atoms with E-state index < -0.39 is 0 Å². The molecular formula is C18H16N2O2S. The van der Waals surface area contributed by atoms with E-state index in [-0.39, 0.29) is 11.5 Å². The lowest BCUT2D eigenvalue weighted by Gasteiger charge is -2.10. The van der Waals surface area contributed by atoms with Gasteiger partial charge in [0.1, 0.15) is 0 Å². The van der Waals surface area contributed by atoms with Crippen molar-refractivity contribution in [3.8, 4) is 0 Å². The predicted octanol–water partition coefficient (Wildman–Crippen LogP) is 3.65. The van der Waals surface area contributed by atoms with E-state index in [4.69, 9.17) is 0 Å². The Labute approximate surface area is 138 Å². The maximum Gasteiger partial charge on any atom is 0.251 e. The van der Waals surface area contributed by atoms with Gasteiger partial charge in [-0.1, -0.05) is 30.0 Å². The minimum atomic E-state index is -0.0945. The highest BCUT2D eigenvalue weighted by Gasteiger charge is 2.08. The first-order chi connectivity index (χ1) is 11.0. The summed E-state index contributed by atoms with van der Waals surface area (Å²) in [5, 5.41) is 3.79. The zero-order valence-corrected chi connectivity index (χ0v) is 13.7. The van der Waals surface area contributed by atoms with E-state index in [0.717, 1.165) is 26.4 Å². The molecular weight excluding hydrogens is 308 g/mol. The number of benzene rings is 2. The number of nitrogens with zero attached hydrogens (tertiary/aromatic N) is 1. The van der Waals surface area contributed by atoms with E-state index >= 15 is 0 Å². The van der Waals surface area contributed by atoms with Gasteiger partial charge < -0.3 is 9.88 Å². The summed E-state index contributed by atoms with van der Waals surface area (Å²) >= 11 is 1.54. The van der Waals surface area contributed by atoms with Crippen molar-refractivity contribution in [1.82, 2.24) is 4.57 Å². The number of carbonyl (C=O) groups is 1. The van der Waals surface area contributed by atoms with Crippen LogP contribution in [0.1, 0.15) is 6.92 Å². The number of fused-ring (bicyclic) bond motifs is 1. The third-order valence-electron chi connectivity index (χ3n) is 3.52. The summed E-state index contributed by atoms with van der Waals surface area (Å²) in [7, 11) is 1.78. The van der Waals surface area contributed by atoms with Crippen molar-refractivity contribution in [2.45, 2.75) is 16.7 Å². The molecule has 23 heavy (non-hydrogen) atoms. The quantitative estimate of drug-likeness (QED) is 0.800. The summed E-state index contributed by atoms with van der Waals surface area (Å²) in [4.78, 5) is 25.1. The molecule has 3 aromatic rings. The number of amides is 1. The van der Waals surface area contributed by atoms with Gasteiger partial charge in [0.15, 0.2) is 0 Å². The molecule has 1 amide bonds. The Bertz CT molecular complexity index is 930. The number of anilines is 1. The van der Waals surface area contributed by atoms with Crippen LogP contribution in [0.2, 0.25) is 0 Å². The van der Waals surface area contributed by atoms with E-state index in [1.807, 2.05) is 48.5 Å². The highest BCUT2D eigenvalue weighted by Crippen LogP contribution is 2.32. The third-order valence-corrected chi connectivity index (χ3v) is 4.58. The Morgan fingerprint density at radius 2 is 1.78 bits per heavy atom. The van der Waals surface area contributed by atoms with Crippen LogP contribution in [0, 0.1) is 0 Å². The lowest BCUT2D eigenvalue weighted by molar-refractivity contribution is -0.114. The third kappa shape index (κ3) is 3.29. The number of hydrogen-bond acceptors (Lipinski definition) is 3. The number of hydrogen-bond donors (Lipinski definition) is 1. The Hall–Kier alpha value is -2.53. The van der Waals surface area contributed by atoms with Gasteiger partial charge in [-0.2, -0.15) is 0 Å². The summed E-state index contributed by atoms with van der Waals surface area (Å²) in [5.41, 5.74) is 1.65. The largest absolute Gasteiger partial charge is 0.326 e. The lowest BCUT2D eigenvalue weighted by atomic mass is 10.2. The van der Waals surface area contributed by atoms with Gasteiger partial charge in [-0.15, -0.1) is 0 Å². The monoisotopic (exact) mass is 324 g/mol. The second kappa shape index (κ2) is 6.30. The number of carbonyl (C=O) groups excluding carboxylic acids is 1. The van der Waals surface area contributed by atoms with Crippen LogP contribution >= 0.6 is 11.8 Å². The van der Waals surface area contributed by atoms with Crippen LogP contribution in [0.3, 0.4) is 0 Å². The fourth-order valence-electron chi connectivity index (χ4n) is 2.40. The van der Waals surface area contributed by atoms with Crippen molar-refractivity contribution >= 4 is 34.3 Å². The average molecular weight is 324 g/mol. The molecule has 0 fully saturated rings. The first-order valence-electron chi connectivity index (χ1n) is 7.19. The van der Waals surface area contributed by atoms with E-state index in [1.165, 1.54) is 6.92 Å². The Morgan fingerprint density at radius 1 is 1.09 bits per heavy atom. The standard InChI is InChI=1S/C18H16N2O2S/c1-12(21)19-13-7-9-14(10-8-13)23-17-11-18(22)20(2)16-6-4-3-5-15(16)17/h3-11H,1-2H3,(H,19,21). The molecule has 0 aliphatic carbocycles. The number of pyridine rings is 1. The van der Waals surface area contributed by atoms with Crippen LogP contribution in [0.5, 0.6) is 0 Å². The van der Waals surface area contributed by atoms with Gasteiger partial charge in [0.05, 0.1) is 5.52 Å². The van der Waals surface area contributed by atoms with Gasteiger partial charge in [-0.05, 0) is 30.3 Å². The summed E-state index contributed by atoms with van der Waals surface area (Å²) in [6, 6.07) is 17.1. The fraction of sp³-hybridized carbons (Fsp3) is 0.111. The van der Waals surface area contributed by atoms with Crippen LogP contribution in [0.4, 0.5) is 5.69 Å². The summed E-state index contributed by atoms with van der Waals surface area (Å²) < 4.78 is 1.65. The van der Waals surface area contributed by atoms with Gasteiger partial charge in [0.2, 0.25) is 5.91 Å². The minimum absolute atomic E-state index is 0.0268. The number of aryl methyl sites for hydroxylation is 1. The van der Waals surface area contributed by atoms with Crippen LogP contribution in [-0.4, -0.2) is 10.5 Å². The maximum absolute atomic E-state index is 12.1. The molecule has 0 aliphatic heterocycles.